The average molecular weight is 415 g/mol. The molecule has 0 aliphatic carbocycles. The van der Waals surface area contributed by atoms with Gasteiger partial charge < -0.3 is 9.67 Å². The van der Waals surface area contributed by atoms with Crippen LogP contribution in [0.15, 0.2) is 36.4 Å². The van der Waals surface area contributed by atoms with E-state index in [9.17, 15) is 5.11 Å². The monoisotopic (exact) mass is 414 g/mol. The Kier molecular flexibility index (Phi) is 4.29. The van der Waals surface area contributed by atoms with Crippen LogP contribution in [0.5, 0.6) is 0 Å². The molecule has 3 nitrogen and oxygen atoms in total. The molecule has 5 rings (SSSR count). The molecule has 1 saturated heterocycles. The first-order valence-corrected chi connectivity index (χ1v) is 10.6. The smallest absolute Gasteiger partial charge is 0.105 e. The van der Waals surface area contributed by atoms with Gasteiger partial charge in [0, 0.05) is 35.6 Å². The van der Waals surface area contributed by atoms with E-state index in [1.165, 1.54) is 34.1 Å². The van der Waals surface area contributed by atoms with Crippen molar-refractivity contribution in [2.75, 3.05) is 13.1 Å². The first-order chi connectivity index (χ1) is 13.3. The van der Waals surface area contributed by atoms with Crippen molar-refractivity contribution in [2.24, 2.45) is 0 Å². The highest BCUT2D eigenvalue weighted by atomic mass is 35.5. The van der Waals surface area contributed by atoms with Crippen molar-refractivity contribution in [1.29, 1.82) is 0 Å². The van der Waals surface area contributed by atoms with E-state index in [-0.39, 0.29) is 0 Å². The van der Waals surface area contributed by atoms with Gasteiger partial charge in [-0.05, 0) is 62.2 Å². The molecule has 2 bridgehead atoms. The minimum atomic E-state index is -1.05. The summed E-state index contributed by atoms with van der Waals surface area (Å²) in [5, 5.41) is 13.7. The van der Waals surface area contributed by atoms with E-state index < -0.39 is 5.60 Å². The maximum atomic E-state index is 11.4. The van der Waals surface area contributed by atoms with Gasteiger partial charge in [0.05, 0.1) is 16.6 Å². The Morgan fingerprint density at radius 3 is 2.75 bits per heavy atom. The SMILES string of the molecule is Cc1ccc2c(c1)c1c(n2CC(C)(O)c2ccc(Cl)c(Cl)c2)CN2CCC1C2. The van der Waals surface area contributed by atoms with Crippen LogP contribution in [0.25, 0.3) is 10.9 Å². The van der Waals surface area contributed by atoms with Gasteiger partial charge in [0.15, 0.2) is 0 Å². The summed E-state index contributed by atoms with van der Waals surface area (Å²) in [6.45, 7) is 7.77. The molecule has 0 amide bonds. The van der Waals surface area contributed by atoms with Crippen LogP contribution in [-0.2, 0) is 18.7 Å². The van der Waals surface area contributed by atoms with Gasteiger partial charge in [-0.3, -0.25) is 4.90 Å². The molecule has 2 aromatic carbocycles. The number of aliphatic hydroxyl groups is 1. The van der Waals surface area contributed by atoms with Crippen LogP contribution in [0.2, 0.25) is 10.0 Å². The third-order valence-corrected chi connectivity index (χ3v) is 7.17. The summed E-state index contributed by atoms with van der Waals surface area (Å²) in [7, 11) is 0. The lowest BCUT2D eigenvalue weighted by molar-refractivity contribution is 0.0381. The summed E-state index contributed by atoms with van der Waals surface area (Å²) in [6.07, 6.45) is 1.23. The van der Waals surface area contributed by atoms with E-state index in [0.717, 1.165) is 25.2 Å². The minimum absolute atomic E-state index is 0.471. The van der Waals surface area contributed by atoms with E-state index in [1.54, 1.807) is 12.1 Å². The normalized spacial score (nSPS) is 23.0. The highest BCUT2D eigenvalue weighted by Gasteiger charge is 2.37. The number of aromatic nitrogens is 1. The first kappa shape index (κ1) is 18.5. The highest BCUT2D eigenvalue weighted by Crippen LogP contribution is 2.43. The number of benzene rings is 2. The van der Waals surface area contributed by atoms with Gasteiger partial charge in [-0.15, -0.1) is 0 Å². The zero-order valence-electron chi connectivity index (χ0n) is 16.2. The molecule has 3 atom stereocenters. The zero-order chi connectivity index (χ0) is 19.6. The van der Waals surface area contributed by atoms with Crippen molar-refractivity contribution in [3.63, 3.8) is 0 Å². The molecule has 1 fully saturated rings. The maximum Gasteiger partial charge on any atom is 0.105 e. The molecule has 146 valence electrons. The van der Waals surface area contributed by atoms with Crippen LogP contribution in [0.3, 0.4) is 0 Å². The van der Waals surface area contributed by atoms with Gasteiger partial charge >= 0.3 is 0 Å². The van der Waals surface area contributed by atoms with Crippen LogP contribution in [-0.4, -0.2) is 27.7 Å². The van der Waals surface area contributed by atoms with Gasteiger partial charge in [0.2, 0.25) is 0 Å². The maximum absolute atomic E-state index is 11.4. The van der Waals surface area contributed by atoms with Crippen molar-refractivity contribution < 1.29 is 5.11 Å². The first-order valence-electron chi connectivity index (χ1n) is 9.85. The van der Waals surface area contributed by atoms with Gasteiger partial charge in [-0.25, -0.2) is 0 Å². The van der Waals surface area contributed by atoms with Crippen molar-refractivity contribution in [1.82, 2.24) is 9.47 Å². The number of rotatable bonds is 3. The molecule has 28 heavy (non-hydrogen) atoms. The second kappa shape index (κ2) is 6.50. The predicted octanol–water partition coefficient (Wildman–Crippen LogP) is 5.47. The average Bonchev–Trinajstić information content (AvgIpc) is 3.16. The van der Waals surface area contributed by atoms with E-state index in [0.29, 0.717) is 22.5 Å². The second-order valence-corrected chi connectivity index (χ2v) is 9.40. The van der Waals surface area contributed by atoms with Gasteiger partial charge in [0.1, 0.15) is 5.60 Å². The third-order valence-electron chi connectivity index (χ3n) is 6.43. The number of hydrogen-bond acceptors (Lipinski definition) is 2. The number of aryl methyl sites for hydroxylation is 1. The quantitative estimate of drug-likeness (QED) is 0.615. The van der Waals surface area contributed by atoms with Gasteiger partial charge in [-0.1, -0.05) is 40.9 Å². The topological polar surface area (TPSA) is 28.4 Å². The summed E-state index contributed by atoms with van der Waals surface area (Å²) in [4.78, 5) is 2.53. The standard InChI is InChI=1S/C23H24Cl2N2O/c1-14-3-6-20-17(9-14)22-15-7-8-26(11-15)12-21(22)27(20)13-23(2,28)16-4-5-18(24)19(25)10-16/h3-6,9-10,15,28H,7-8,11-13H2,1-2H3. The van der Waals surface area contributed by atoms with Crippen LogP contribution in [0.1, 0.15) is 41.6 Å². The Morgan fingerprint density at radius 2 is 1.96 bits per heavy atom. The Bertz CT molecular complexity index is 1090. The molecule has 3 unspecified atom stereocenters. The number of halogens is 2. The van der Waals surface area contributed by atoms with E-state index in [2.05, 4.69) is 34.6 Å². The molecule has 1 N–H and O–H groups in total. The molecule has 0 radical (unpaired) electrons. The second-order valence-electron chi connectivity index (χ2n) is 8.59. The van der Waals surface area contributed by atoms with Crippen LogP contribution >= 0.6 is 23.2 Å². The molecular weight excluding hydrogens is 391 g/mol. The van der Waals surface area contributed by atoms with Crippen LogP contribution in [0, 0.1) is 6.92 Å². The summed E-state index contributed by atoms with van der Waals surface area (Å²) < 4.78 is 2.33. The summed E-state index contributed by atoms with van der Waals surface area (Å²) >= 11 is 12.3. The molecule has 2 aliphatic heterocycles. The molecule has 3 aromatic rings. The molecule has 0 saturated carbocycles. The third kappa shape index (κ3) is 2.88. The molecule has 0 spiro atoms. The fourth-order valence-electron chi connectivity index (χ4n) is 5.01. The Hall–Kier alpha value is -1.52. The lowest BCUT2D eigenvalue weighted by Crippen LogP contribution is -2.31. The summed E-state index contributed by atoms with van der Waals surface area (Å²) in [6, 6.07) is 12.1. The largest absolute Gasteiger partial charge is 0.384 e. The number of fused-ring (bicyclic) bond motifs is 6. The number of nitrogens with zero attached hydrogens (tertiary/aromatic N) is 2. The summed E-state index contributed by atoms with van der Waals surface area (Å²) in [5.41, 5.74) is 5.08. The van der Waals surface area contributed by atoms with Gasteiger partial charge in [-0.2, -0.15) is 0 Å². The lowest BCUT2D eigenvalue weighted by Gasteiger charge is -2.29. The van der Waals surface area contributed by atoms with Crippen LogP contribution in [0.4, 0.5) is 0 Å². The molecule has 2 aliphatic rings. The van der Waals surface area contributed by atoms with Crippen molar-refractivity contribution >= 4 is 34.1 Å². The molecule has 5 heteroatoms. The van der Waals surface area contributed by atoms with Gasteiger partial charge in [0.25, 0.3) is 0 Å². The Labute approximate surface area is 175 Å². The van der Waals surface area contributed by atoms with E-state index in [4.69, 9.17) is 23.2 Å². The summed E-state index contributed by atoms with van der Waals surface area (Å²) in [5.74, 6) is 0.601. The lowest BCUT2D eigenvalue weighted by atomic mass is 9.93. The van der Waals surface area contributed by atoms with Crippen molar-refractivity contribution in [2.45, 2.75) is 44.9 Å². The van der Waals surface area contributed by atoms with Crippen LogP contribution < -0.4 is 0 Å². The molecular formula is C23H24Cl2N2O. The Morgan fingerprint density at radius 1 is 1.14 bits per heavy atom. The highest BCUT2D eigenvalue weighted by molar-refractivity contribution is 6.42. The Balaban J connectivity index is 1.65. The minimum Gasteiger partial charge on any atom is -0.384 e. The fourth-order valence-corrected chi connectivity index (χ4v) is 5.31. The zero-order valence-corrected chi connectivity index (χ0v) is 17.7. The van der Waals surface area contributed by atoms with Crippen molar-refractivity contribution in [3.05, 3.63) is 68.8 Å². The molecule has 3 heterocycles. The van der Waals surface area contributed by atoms with E-state index in [1.807, 2.05) is 13.0 Å². The predicted molar refractivity (Wildman–Crippen MR) is 115 cm³/mol. The number of hydrogen-bond donors (Lipinski definition) is 1. The van der Waals surface area contributed by atoms with E-state index >= 15 is 0 Å². The fraction of sp³-hybridized carbons (Fsp3) is 0.391. The molecule has 1 aromatic heterocycles. The van der Waals surface area contributed by atoms with Crippen molar-refractivity contribution in [3.8, 4) is 0 Å².